The topological polar surface area (TPSA) is 69.9 Å². The first-order chi connectivity index (χ1) is 14.4. The lowest BCUT2D eigenvalue weighted by Crippen LogP contribution is -2.58. The predicted octanol–water partition coefficient (Wildman–Crippen LogP) is 2.00. The van der Waals surface area contributed by atoms with E-state index < -0.39 is 29.5 Å². The molecule has 2 aliphatic rings. The maximum Gasteiger partial charge on any atom is 0.317 e. The molecule has 3 aromatic rings. The van der Waals surface area contributed by atoms with Crippen LogP contribution in [0.25, 0.3) is 6.08 Å². The number of carbonyl (C=O) groups is 1. The molecular formula is C22H17FN2O4S. The number of fused-ring (bicyclic) bond motifs is 6. The zero-order chi connectivity index (χ0) is 21.0. The van der Waals surface area contributed by atoms with Crippen molar-refractivity contribution in [3.05, 3.63) is 85.2 Å². The van der Waals surface area contributed by atoms with Crippen molar-refractivity contribution in [2.24, 2.45) is 10.9 Å². The average molecular weight is 424 g/mol. The molecule has 0 N–H and O–H groups in total. The van der Waals surface area contributed by atoms with Crippen LogP contribution in [0.4, 0.5) is 4.39 Å². The van der Waals surface area contributed by atoms with Gasteiger partial charge in [-0.15, -0.1) is 0 Å². The van der Waals surface area contributed by atoms with Crippen LogP contribution >= 0.6 is 11.3 Å². The van der Waals surface area contributed by atoms with Gasteiger partial charge in [-0.1, -0.05) is 47.7 Å². The fourth-order valence-electron chi connectivity index (χ4n) is 4.16. The average Bonchev–Trinajstić information content (AvgIpc) is 3.02. The first kappa shape index (κ1) is 18.7. The number of benzene rings is 2. The molecule has 0 saturated carbocycles. The van der Waals surface area contributed by atoms with E-state index in [0.717, 1.165) is 11.3 Å². The number of ether oxygens (including phenoxy) is 2. The molecule has 3 atom stereocenters. The minimum atomic E-state index is -1.22. The molecule has 2 aromatic carbocycles. The molecule has 1 aromatic heterocycles. The van der Waals surface area contributed by atoms with Crippen LogP contribution in [0.1, 0.15) is 24.1 Å². The molecular weight excluding hydrogens is 407 g/mol. The van der Waals surface area contributed by atoms with Crippen LogP contribution in [0, 0.1) is 11.7 Å². The van der Waals surface area contributed by atoms with Crippen molar-refractivity contribution in [2.75, 3.05) is 7.11 Å². The lowest BCUT2D eigenvalue weighted by molar-refractivity contribution is -0.158. The summed E-state index contributed by atoms with van der Waals surface area (Å²) in [7, 11) is 1.30. The summed E-state index contributed by atoms with van der Waals surface area (Å²) in [5, 5.41) is 0. The molecule has 0 unspecified atom stereocenters. The van der Waals surface area contributed by atoms with E-state index in [9.17, 15) is 14.0 Å². The van der Waals surface area contributed by atoms with Crippen molar-refractivity contribution in [1.29, 1.82) is 0 Å². The van der Waals surface area contributed by atoms with Crippen molar-refractivity contribution in [3.8, 4) is 5.75 Å². The smallest absolute Gasteiger partial charge is 0.317 e. The second-order valence-corrected chi connectivity index (χ2v) is 8.35. The summed E-state index contributed by atoms with van der Waals surface area (Å²) in [6, 6.07) is 12.9. The number of esters is 1. The fourth-order valence-corrected chi connectivity index (χ4v) is 5.25. The third kappa shape index (κ3) is 2.64. The quantitative estimate of drug-likeness (QED) is 0.590. The Morgan fingerprint density at radius 1 is 1.27 bits per heavy atom. The van der Waals surface area contributed by atoms with E-state index in [-0.39, 0.29) is 5.56 Å². The van der Waals surface area contributed by atoms with Crippen molar-refractivity contribution < 1.29 is 18.7 Å². The predicted molar refractivity (Wildman–Crippen MR) is 108 cm³/mol. The van der Waals surface area contributed by atoms with Crippen LogP contribution in [0.5, 0.6) is 5.75 Å². The highest BCUT2D eigenvalue weighted by molar-refractivity contribution is 7.07. The third-order valence-electron chi connectivity index (χ3n) is 5.53. The van der Waals surface area contributed by atoms with Crippen molar-refractivity contribution in [1.82, 2.24) is 4.57 Å². The van der Waals surface area contributed by atoms with Gasteiger partial charge in [0.05, 0.1) is 17.7 Å². The van der Waals surface area contributed by atoms with E-state index in [1.807, 2.05) is 18.2 Å². The van der Waals surface area contributed by atoms with Crippen LogP contribution in [0.3, 0.4) is 0 Å². The van der Waals surface area contributed by atoms with Gasteiger partial charge in [0, 0.05) is 11.1 Å². The molecule has 0 radical (unpaired) electrons. The number of methoxy groups -OCH3 is 1. The van der Waals surface area contributed by atoms with Crippen LogP contribution in [-0.4, -0.2) is 23.4 Å². The summed E-state index contributed by atoms with van der Waals surface area (Å²) in [6.07, 6.45) is 1.51. The molecule has 5 rings (SSSR count). The summed E-state index contributed by atoms with van der Waals surface area (Å²) in [5.41, 5.74) is -0.541. The second-order valence-electron chi connectivity index (χ2n) is 7.34. The standard InChI is InChI=1S/C22H17FN2O4S/c1-22-17(20(27)28-2)18(13-8-4-6-10-15(13)29-22)25-19(26)16(30-21(25)24-22)11-12-7-3-5-9-14(12)23/h3-11,17-18H,1-2H3/b16-11-/t17-,18-,22-/m1/s1. The molecule has 0 spiro atoms. The maximum absolute atomic E-state index is 14.1. The second kappa shape index (κ2) is 6.63. The lowest BCUT2D eigenvalue weighted by Gasteiger charge is -2.44. The molecule has 0 amide bonds. The van der Waals surface area contributed by atoms with Crippen molar-refractivity contribution >= 4 is 23.4 Å². The first-order valence-electron chi connectivity index (χ1n) is 9.36. The summed E-state index contributed by atoms with van der Waals surface area (Å²) < 4.78 is 27.1. The molecule has 0 fully saturated rings. The minimum Gasteiger partial charge on any atom is -0.469 e. The minimum absolute atomic E-state index is 0.309. The van der Waals surface area contributed by atoms with Crippen LogP contribution in [-0.2, 0) is 9.53 Å². The highest BCUT2D eigenvalue weighted by Crippen LogP contribution is 2.47. The number of aromatic nitrogens is 1. The van der Waals surface area contributed by atoms with Gasteiger partial charge in [0.25, 0.3) is 5.56 Å². The third-order valence-corrected chi connectivity index (χ3v) is 6.51. The largest absolute Gasteiger partial charge is 0.469 e. The SMILES string of the molecule is COC(=O)[C@H]1[C@H]2c3ccccc3O[C@@]1(C)N=c1s/c(=C\c3ccccc3F)c(=O)n12. The summed E-state index contributed by atoms with van der Waals surface area (Å²) in [4.78, 5) is 31.2. The van der Waals surface area contributed by atoms with E-state index in [1.54, 1.807) is 31.2 Å². The van der Waals surface area contributed by atoms with Gasteiger partial charge in [-0.05, 0) is 25.1 Å². The van der Waals surface area contributed by atoms with E-state index in [0.29, 0.717) is 26.2 Å². The van der Waals surface area contributed by atoms with Gasteiger partial charge in [0.2, 0.25) is 5.72 Å². The molecule has 2 bridgehead atoms. The fraction of sp³-hybridized carbons (Fsp3) is 0.227. The Hall–Kier alpha value is -3.26. The first-order valence-corrected chi connectivity index (χ1v) is 10.2. The molecule has 3 heterocycles. The van der Waals surface area contributed by atoms with Gasteiger partial charge in [-0.3, -0.25) is 14.2 Å². The van der Waals surface area contributed by atoms with Crippen molar-refractivity contribution in [3.63, 3.8) is 0 Å². The Kier molecular flexibility index (Phi) is 4.14. The van der Waals surface area contributed by atoms with Crippen LogP contribution in [0.15, 0.2) is 58.3 Å². The Morgan fingerprint density at radius 2 is 2.00 bits per heavy atom. The summed E-state index contributed by atoms with van der Waals surface area (Å²) >= 11 is 1.15. The molecule has 152 valence electrons. The lowest BCUT2D eigenvalue weighted by atomic mass is 9.81. The Bertz CT molecular complexity index is 1360. The number of nitrogens with zero attached hydrogens (tertiary/aromatic N) is 2. The van der Waals surface area contributed by atoms with Gasteiger partial charge >= 0.3 is 5.97 Å². The molecule has 6 nitrogen and oxygen atoms in total. The zero-order valence-corrected chi connectivity index (χ0v) is 17.0. The molecule has 0 aliphatic carbocycles. The summed E-state index contributed by atoms with van der Waals surface area (Å²) in [6.45, 7) is 1.71. The number of halogens is 1. The van der Waals surface area contributed by atoms with Gasteiger partial charge in [0.1, 0.15) is 17.5 Å². The number of hydrogen-bond donors (Lipinski definition) is 0. The van der Waals surface area contributed by atoms with Gasteiger partial charge in [0.15, 0.2) is 4.80 Å². The zero-order valence-electron chi connectivity index (χ0n) is 16.2. The van der Waals surface area contributed by atoms with E-state index in [4.69, 9.17) is 9.47 Å². The number of rotatable bonds is 2. The molecule has 2 aliphatic heterocycles. The number of hydrogen-bond acceptors (Lipinski definition) is 6. The van der Waals surface area contributed by atoms with Gasteiger partial charge < -0.3 is 9.47 Å². The monoisotopic (exact) mass is 424 g/mol. The Balaban J connectivity index is 1.81. The summed E-state index contributed by atoms with van der Waals surface area (Å²) in [5.74, 6) is -1.20. The normalized spacial score (nSPS) is 24.3. The van der Waals surface area contributed by atoms with Crippen LogP contribution < -0.4 is 19.6 Å². The maximum atomic E-state index is 14.1. The van der Waals surface area contributed by atoms with E-state index >= 15 is 0 Å². The van der Waals surface area contributed by atoms with Crippen LogP contribution in [0.2, 0.25) is 0 Å². The molecule has 0 saturated heterocycles. The number of para-hydroxylation sites is 1. The highest BCUT2D eigenvalue weighted by atomic mass is 32.1. The molecule has 30 heavy (non-hydrogen) atoms. The van der Waals surface area contributed by atoms with Gasteiger partial charge in [-0.25, -0.2) is 9.38 Å². The number of thiazole rings is 1. The number of carbonyl (C=O) groups excluding carboxylic acids is 1. The Labute approximate surface area is 174 Å². The highest BCUT2D eigenvalue weighted by Gasteiger charge is 2.55. The van der Waals surface area contributed by atoms with E-state index in [1.165, 1.54) is 23.8 Å². The van der Waals surface area contributed by atoms with E-state index in [2.05, 4.69) is 4.99 Å². The van der Waals surface area contributed by atoms with Gasteiger partial charge in [-0.2, -0.15) is 0 Å². The van der Waals surface area contributed by atoms with Crippen molar-refractivity contribution in [2.45, 2.75) is 18.7 Å². The Morgan fingerprint density at radius 3 is 2.77 bits per heavy atom. The molecule has 8 heteroatoms.